The van der Waals surface area contributed by atoms with Gasteiger partial charge >= 0.3 is 0 Å². The van der Waals surface area contributed by atoms with Crippen LogP contribution in [0.25, 0.3) is 0 Å². The van der Waals surface area contributed by atoms with Gasteiger partial charge in [0, 0.05) is 7.05 Å². The lowest BCUT2D eigenvalue weighted by molar-refractivity contribution is -0.121. The third kappa shape index (κ3) is 5.30. The highest BCUT2D eigenvalue weighted by Crippen LogP contribution is 2.27. The minimum absolute atomic E-state index is 0.00480. The van der Waals surface area contributed by atoms with Gasteiger partial charge in [-0.15, -0.1) is 0 Å². The fourth-order valence-corrected chi connectivity index (χ4v) is 3.74. The molecule has 150 valence electrons. The number of hydrogen-bond acceptors (Lipinski definition) is 6. The number of methoxy groups -OCH3 is 2. The Hall–Kier alpha value is -2.91. The highest BCUT2D eigenvalue weighted by Gasteiger charge is 2.26. The number of carbonyl (C=O) groups is 1. The number of hydrazone groups is 1. The Morgan fingerprint density at radius 3 is 2.61 bits per heavy atom. The van der Waals surface area contributed by atoms with Crippen molar-refractivity contribution in [2.45, 2.75) is 11.8 Å². The van der Waals surface area contributed by atoms with Gasteiger partial charge in [-0.3, -0.25) is 4.79 Å². The first-order valence-corrected chi connectivity index (χ1v) is 9.79. The lowest BCUT2D eigenvalue weighted by Gasteiger charge is -2.18. The minimum Gasteiger partial charge on any atom is -0.497 e. The van der Waals surface area contributed by atoms with Gasteiger partial charge in [-0.2, -0.15) is 9.41 Å². The number of aryl methyl sites for hydroxylation is 1. The van der Waals surface area contributed by atoms with Gasteiger partial charge in [0.05, 0.1) is 27.0 Å². The summed E-state index contributed by atoms with van der Waals surface area (Å²) in [6.07, 6.45) is 1.44. The van der Waals surface area contributed by atoms with Gasteiger partial charge < -0.3 is 9.47 Å². The van der Waals surface area contributed by atoms with Crippen molar-refractivity contribution in [1.82, 2.24) is 9.73 Å². The van der Waals surface area contributed by atoms with Crippen LogP contribution in [0.1, 0.15) is 11.1 Å². The molecule has 0 radical (unpaired) electrons. The summed E-state index contributed by atoms with van der Waals surface area (Å²) < 4.78 is 36.7. The van der Waals surface area contributed by atoms with E-state index in [1.807, 2.05) is 0 Å². The zero-order valence-electron chi connectivity index (χ0n) is 16.2. The summed E-state index contributed by atoms with van der Waals surface area (Å²) in [5.41, 5.74) is 3.81. The van der Waals surface area contributed by atoms with E-state index in [1.165, 1.54) is 26.4 Å². The van der Waals surface area contributed by atoms with Crippen LogP contribution < -0.4 is 14.9 Å². The van der Waals surface area contributed by atoms with Crippen LogP contribution in [0, 0.1) is 6.92 Å². The number of nitrogens with zero attached hydrogens (tertiary/aromatic N) is 2. The predicted molar refractivity (Wildman–Crippen MR) is 106 cm³/mol. The van der Waals surface area contributed by atoms with E-state index in [1.54, 1.807) is 50.4 Å². The van der Waals surface area contributed by atoms with Crippen molar-refractivity contribution in [3.05, 3.63) is 53.6 Å². The second kappa shape index (κ2) is 9.34. The predicted octanol–water partition coefficient (Wildman–Crippen LogP) is 1.78. The fraction of sp³-hybridized carbons (Fsp3) is 0.263. The van der Waals surface area contributed by atoms with E-state index >= 15 is 0 Å². The summed E-state index contributed by atoms with van der Waals surface area (Å²) in [6.45, 7) is 1.38. The summed E-state index contributed by atoms with van der Waals surface area (Å²) in [5, 5.41) is 3.85. The molecule has 0 aliphatic heterocycles. The second-order valence-corrected chi connectivity index (χ2v) is 8.00. The number of benzene rings is 2. The molecular formula is C19H23N3O5S. The third-order valence-electron chi connectivity index (χ3n) is 3.87. The molecule has 2 aromatic carbocycles. The average Bonchev–Trinajstić information content (AvgIpc) is 2.68. The average molecular weight is 405 g/mol. The number of hydrogen-bond donors (Lipinski definition) is 1. The molecule has 0 atom stereocenters. The van der Waals surface area contributed by atoms with Crippen molar-refractivity contribution in [1.29, 1.82) is 0 Å². The van der Waals surface area contributed by atoms with E-state index in [2.05, 4.69) is 10.5 Å². The molecule has 0 spiro atoms. The molecule has 28 heavy (non-hydrogen) atoms. The Bertz CT molecular complexity index is 973. The summed E-state index contributed by atoms with van der Waals surface area (Å²) in [4.78, 5) is 12.1. The van der Waals surface area contributed by atoms with Gasteiger partial charge in [0.2, 0.25) is 10.0 Å². The summed E-state index contributed by atoms with van der Waals surface area (Å²) in [5.74, 6) is 0.305. The highest BCUT2D eigenvalue weighted by atomic mass is 32.2. The Morgan fingerprint density at radius 1 is 1.18 bits per heavy atom. The number of rotatable bonds is 8. The van der Waals surface area contributed by atoms with Crippen LogP contribution in [-0.4, -0.2) is 52.7 Å². The van der Waals surface area contributed by atoms with E-state index in [0.29, 0.717) is 5.75 Å². The number of sulfonamides is 1. The van der Waals surface area contributed by atoms with Crippen molar-refractivity contribution < 1.29 is 22.7 Å². The molecule has 0 saturated carbocycles. The van der Waals surface area contributed by atoms with Crippen LogP contribution >= 0.6 is 0 Å². The van der Waals surface area contributed by atoms with Crippen molar-refractivity contribution in [3.63, 3.8) is 0 Å². The zero-order valence-corrected chi connectivity index (χ0v) is 17.0. The molecule has 9 heteroatoms. The first-order valence-electron chi connectivity index (χ1n) is 8.35. The molecule has 0 aromatic heterocycles. The van der Waals surface area contributed by atoms with E-state index in [0.717, 1.165) is 15.4 Å². The zero-order chi connectivity index (χ0) is 20.7. The van der Waals surface area contributed by atoms with Gasteiger partial charge in [-0.05, 0) is 42.3 Å². The normalized spacial score (nSPS) is 11.6. The maximum atomic E-state index is 12.8. The van der Waals surface area contributed by atoms with Crippen molar-refractivity contribution >= 4 is 22.1 Å². The molecule has 0 heterocycles. The third-order valence-corrected chi connectivity index (χ3v) is 5.69. The Labute approximate surface area is 164 Å². The highest BCUT2D eigenvalue weighted by molar-refractivity contribution is 7.89. The summed E-state index contributed by atoms with van der Waals surface area (Å²) in [7, 11) is 0.361. The molecule has 0 saturated heterocycles. The van der Waals surface area contributed by atoms with Crippen LogP contribution in [0.2, 0.25) is 0 Å². The van der Waals surface area contributed by atoms with E-state index in [9.17, 15) is 13.2 Å². The molecule has 0 bridgehead atoms. The molecular weight excluding hydrogens is 382 g/mol. The SMILES string of the molecule is COc1cccc(/C=N/NC(=O)CN(C)S(=O)(=O)c2cc(C)ccc2OC)c1. The van der Waals surface area contributed by atoms with Gasteiger partial charge in [0.25, 0.3) is 5.91 Å². The second-order valence-electron chi connectivity index (χ2n) is 5.99. The smallest absolute Gasteiger partial charge is 0.255 e. The first-order chi connectivity index (χ1) is 13.3. The van der Waals surface area contributed by atoms with E-state index in [4.69, 9.17) is 9.47 Å². The van der Waals surface area contributed by atoms with Gasteiger partial charge in [0.1, 0.15) is 16.4 Å². The van der Waals surface area contributed by atoms with Gasteiger partial charge in [-0.25, -0.2) is 13.8 Å². The van der Waals surface area contributed by atoms with Crippen LogP contribution in [-0.2, 0) is 14.8 Å². The summed E-state index contributed by atoms with van der Waals surface area (Å²) in [6, 6.07) is 11.9. The molecule has 0 fully saturated rings. The Balaban J connectivity index is 2.05. The maximum Gasteiger partial charge on any atom is 0.255 e. The monoisotopic (exact) mass is 405 g/mol. The standard InChI is InChI=1S/C19H23N3O5S/c1-14-8-9-17(27-4)18(10-14)28(24,25)22(2)13-19(23)21-20-12-15-6-5-7-16(11-15)26-3/h5-12H,13H2,1-4H3,(H,21,23)/b20-12+. The Morgan fingerprint density at radius 2 is 1.93 bits per heavy atom. The molecule has 0 unspecified atom stereocenters. The minimum atomic E-state index is -3.91. The molecule has 0 aliphatic carbocycles. The van der Waals surface area contributed by atoms with Gasteiger partial charge in [0.15, 0.2) is 0 Å². The maximum absolute atomic E-state index is 12.8. The number of carbonyl (C=O) groups excluding carboxylic acids is 1. The largest absolute Gasteiger partial charge is 0.497 e. The number of amides is 1. The van der Waals surface area contributed by atoms with Crippen molar-refractivity contribution in [2.75, 3.05) is 27.8 Å². The fourth-order valence-electron chi connectivity index (χ4n) is 2.38. The molecule has 0 aliphatic rings. The number of nitrogens with one attached hydrogen (secondary N) is 1. The Kier molecular flexibility index (Phi) is 7.13. The molecule has 8 nitrogen and oxygen atoms in total. The molecule has 1 amide bonds. The lowest BCUT2D eigenvalue weighted by Crippen LogP contribution is -2.36. The van der Waals surface area contributed by atoms with Crippen LogP contribution in [0.5, 0.6) is 11.5 Å². The van der Waals surface area contributed by atoms with Crippen LogP contribution in [0.3, 0.4) is 0 Å². The molecule has 2 aromatic rings. The lowest BCUT2D eigenvalue weighted by atomic mass is 10.2. The molecule has 1 N–H and O–H groups in total. The topological polar surface area (TPSA) is 97.3 Å². The van der Waals surface area contributed by atoms with Crippen molar-refractivity contribution in [2.24, 2.45) is 5.10 Å². The van der Waals surface area contributed by atoms with Crippen molar-refractivity contribution in [3.8, 4) is 11.5 Å². The van der Waals surface area contributed by atoms with Crippen LogP contribution in [0.4, 0.5) is 0 Å². The quantitative estimate of drug-likeness (QED) is 0.533. The van der Waals surface area contributed by atoms with E-state index < -0.39 is 22.5 Å². The summed E-state index contributed by atoms with van der Waals surface area (Å²) >= 11 is 0. The number of ether oxygens (including phenoxy) is 2. The van der Waals surface area contributed by atoms with E-state index in [-0.39, 0.29) is 10.6 Å². The first kappa shape index (κ1) is 21.4. The van der Waals surface area contributed by atoms with Crippen LogP contribution in [0.15, 0.2) is 52.5 Å². The van der Waals surface area contributed by atoms with Gasteiger partial charge in [-0.1, -0.05) is 18.2 Å². The number of likely N-dealkylation sites (N-methyl/N-ethyl adjacent to an activating group) is 1. The molecule has 2 rings (SSSR count).